The number of fused-ring (bicyclic) bond motifs is 1. The van der Waals surface area contributed by atoms with Crippen molar-refractivity contribution in [1.82, 2.24) is 4.98 Å². The van der Waals surface area contributed by atoms with Crippen molar-refractivity contribution in [2.75, 3.05) is 5.73 Å². The van der Waals surface area contributed by atoms with Gasteiger partial charge in [-0.1, -0.05) is 17.7 Å². The second-order valence-electron chi connectivity index (χ2n) is 2.49. The molecule has 2 aromatic rings. The SMILES string of the molecule is Nc1[c-]cc2cc(Cl)ccc2n1.[Rb+]. The third kappa shape index (κ3) is 2.73. The quantitative estimate of drug-likeness (QED) is 0.637. The Morgan fingerprint density at radius 2 is 2.15 bits per heavy atom. The van der Waals surface area contributed by atoms with E-state index in [4.69, 9.17) is 17.3 Å². The Morgan fingerprint density at radius 1 is 1.38 bits per heavy atom. The van der Waals surface area contributed by atoms with Gasteiger partial charge in [0.25, 0.3) is 0 Å². The van der Waals surface area contributed by atoms with Crippen molar-refractivity contribution in [3.05, 3.63) is 35.4 Å². The standard InChI is InChI=1S/C9H6ClN2.Rb/c10-7-2-3-8-6(5-7)1-4-9(11)12-8;/h1-3,5H,(H2,11,12);/q-1;+1. The van der Waals surface area contributed by atoms with E-state index in [0.717, 1.165) is 10.9 Å². The van der Waals surface area contributed by atoms with E-state index in [2.05, 4.69) is 11.1 Å². The summed E-state index contributed by atoms with van der Waals surface area (Å²) in [5.74, 6) is 0.407. The topological polar surface area (TPSA) is 38.9 Å². The monoisotopic (exact) mass is 262 g/mol. The third-order valence-electron chi connectivity index (χ3n) is 1.61. The maximum Gasteiger partial charge on any atom is 1.00 e. The van der Waals surface area contributed by atoms with Gasteiger partial charge in [0.05, 0.1) is 0 Å². The van der Waals surface area contributed by atoms with Crippen LogP contribution in [0.4, 0.5) is 5.82 Å². The summed E-state index contributed by atoms with van der Waals surface area (Å²) in [6, 6.07) is 10.0. The van der Waals surface area contributed by atoms with Crippen LogP contribution in [0.1, 0.15) is 0 Å². The maximum absolute atomic E-state index is 5.79. The first-order chi connectivity index (χ1) is 5.75. The van der Waals surface area contributed by atoms with Gasteiger partial charge in [0.1, 0.15) is 0 Å². The molecule has 0 bridgehead atoms. The van der Waals surface area contributed by atoms with Crippen LogP contribution in [0.5, 0.6) is 0 Å². The molecule has 0 spiro atoms. The van der Waals surface area contributed by atoms with E-state index in [1.54, 1.807) is 12.1 Å². The maximum atomic E-state index is 5.79. The van der Waals surface area contributed by atoms with Crippen molar-refractivity contribution in [3.63, 3.8) is 0 Å². The molecule has 0 aliphatic rings. The number of rotatable bonds is 0. The first-order valence-electron chi connectivity index (χ1n) is 3.49. The van der Waals surface area contributed by atoms with Crippen LogP contribution in [0.3, 0.4) is 0 Å². The molecule has 0 aliphatic heterocycles. The molecular formula is C9H6ClN2Rb. The fourth-order valence-electron chi connectivity index (χ4n) is 1.06. The normalized spacial score (nSPS) is 9.62. The van der Waals surface area contributed by atoms with Gasteiger partial charge in [0.15, 0.2) is 0 Å². The summed E-state index contributed by atoms with van der Waals surface area (Å²) in [6.45, 7) is 0. The molecule has 0 saturated heterocycles. The summed E-state index contributed by atoms with van der Waals surface area (Å²) >= 11 is 5.79. The molecule has 0 aliphatic carbocycles. The zero-order valence-electron chi connectivity index (χ0n) is 7.21. The van der Waals surface area contributed by atoms with Crippen LogP contribution in [0.15, 0.2) is 24.3 Å². The van der Waals surface area contributed by atoms with Crippen LogP contribution in [0, 0.1) is 6.07 Å². The molecule has 0 atom stereocenters. The average molecular weight is 263 g/mol. The molecule has 0 unspecified atom stereocenters. The van der Waals surface area contributed by atoms with Gasteiger partial charge in [0.2, 0.25) is 0 Å². The summed E-state index contributed by atoms with van der Waals surface area (Å²) in [5.41, 5.74) is 6.31. The molecule has 0 fully saturated rings. The van der Waals surface area contributed by atoms with E-state index >= 15 is 0 Å². The van der Waals surface area contributed by atoms with Crippen molar-refractivity contribution >= 4 is 28.3 Å². The second kappa shape index (κ2) is 4.85. The predicted octanol–water partition coefficient (Wildman–Crippen LogP) is -0.725. The van der Waals surface area contributed by atoms with E-state index in [-0.39, 0.29) is 58.2 Å². The van der Waals surface area contributed by atoms with Crippen molar-refractivity contribution in [2.45, 2.75) is 0 Å². The Hall–Kier alpha value is 0.525. The Morgan fingerprint density at radius 3 is 2.92 bits per heavy atom. The molecule has 4 heteroatoms. The molecule has 2 N–H and O–H groups in total. The number of nitrogens with zero attached hydrogens (tertiary/aromatic N) is 1. The largest absolute Gasteiger partial charge is 1.00 e. The number of hydrogen-bond donors (Lipinski definition) is 1. The summed E-state index contributed by atoms with van der Waals surface area (Å²) in [7, 11) is 0. The molecule has 0 amide bonds. The fraction of sp³-hybridized carbons (Fsp3) is 0. The Kier molecular flexibility index (Phi) is 4.33. The zero-order chi connectivity index (χ0) is 8.55. The van der Waals surface area contributed by atoms with Gasteiger partial charge in [-0.3, -0.25) is 4.98 Å². The summed E-state index contributed by atoms with van der Waals surface area (Å²) in [6.07, 6.45) is 0. The molecule has 13 heavy (non-hydrogen) atoms. The number of aromatic nitrogens is 1. The minimum absolute atomic E-state index is 0. The van der Waals surface area contributed by atoms with Crippen molar-refractivity contribution in [2.24, 2.45) is 0 Å². The molecule has 0 radical (unpaired) electrons. The van der Waals surface area contributed by atoms with Crippen molar-refractivity contribution < 1.29 is 58.2 Å². The van der Waals surface area contributed by atoms with Crippen LogP contribution >= 0.6 is 11.6 Å². The number of anilines is 1. The molecule has 2 nitrogen and oxygen atoms in total. The van der Waals surface area contributed by atoms with Gasteiger partial charge in [0, 0.05) is 10.8 Å². The molecule has 1 aromatic carbocycles. The number of nitrogens with two attached hydrogens (primary N) is 1. The summed E-state index contributed by atoms with van der Waals surface area (Å²) < 4.78 is 0. The Bertz CT molecular complexity index is 390. The molecule has 0 saturated carbocycles. The van der Waals surface area contributed by atoms with E-state index < -0.39 is 0 Å². The van der Waals surface area contributed by atoms with Crippen molar-refractivity contribution in [3.8, 4) is 0 Å². The van der Waals surface area contributed by atoms with Gasteiger partial charge < -0.3 is 5.73 Å². The van der Waals surface area contributed by atoms with Crippen LogP contribution in [-0.4, -0.2) is 4.98 Å². The van der Waals surface area contributed by atoms with Gasteiger partial charge in [-0.15, -0.1) is 11.5 Å². The molecule has 1 heterocycles. The summed E-state index contributed by atoms with van der Waals surface area (Å²) in [5, 5.41) is 1.65. The van der Waals surface area contributed by atoms with E-state index in [1.165, 1.54) is 0 Å². The van der Waals surface area contributed by atoms with Crippen LogP contribution < -0.4 is 63.9 Å². The zero-order valence-corrected chi connectivity index (χ0v) is 12.9. The van der Waals surface area contributed by atoms with Gasteiger partial charge >= 0.3 is 58.2 Å². The molecule has 60 valence electrons. The Labute approximate surface area is 130 Å². The predicted molar refractivity (Wildman–Crippen MR) is 50.0 cm³/mol. The minimum atomic E-state index is 0. The van der Waals surface area contributed by atoms with Crippen LogP contribution in [0.25, 0.3) is 10.9 Å². The second-order valence-corrected chi connectivity index (χ2v) is 2.93. The van der Waals surface area contributed by atoms with Crippen LogP contribution in [0.2, 0.25) is 5.02 Å². The first kappa shape index (κ1) is 11.6. The van der Waals surface area contributed by atoms with Crippen molar-refractivity contribution in [1.29, 1.82) is 0 Å². The average Bonchev–Trinajstić information content (AvgIpc) is 2.05. The van der Waals surface area contributed by atoms with Gasteiger partial charge in [-0.05, 0) is 11.6 Å². The Balaban J connectivity index is 0.000000845. The number of halogens is 1. The van der Waals surface area contributed by atoms with E-state index in [9.17, 15) is 0 Å². The molecular weight excluding hydrogens is 257 g/mol. The first-order valence-corrected chi connectivity index (χ1v) is 3.87. The third-order valence-corrected chi connectivity index (χ3v) is 1.84. The number of pyridine rings is 1. The minimum Gasteiger partial charge on any atom is -0.399 e. The molecule has 2 rings (SSSR count). The number of nitrogen functional groups attached to an aromatic ring is 1. The smallest absolute Gasteiger partial charge is 0.399 e. The molecule has 1 aromatic heterocycles. The fourth-order valence-corrected chi connectivity index (χ4v) is 1.24. The number of benzene rings is 1. The van der Waals surface area contributed by atoms with Gasteiger partial charge in [-0.25, -0.2) is 12.1 Å². The van der Waals surface area contributed by atoms with E-state index in [1.807, 2.05) is 12.1 Å². The van der Waals surface area contributed by atoms with E-state index in [0.29, 0.717) is 10.8 Å². The van der Waals surface area contributed by atoms with Crippen LogP contribution in [-0.2, 0) is 0 Å². The number of hydrogen-bond acceptors (Lipinski definition) is 2. The summed E-state index contributed by atoms with van der Waals surface area (Å²) in [4.78, 5) is 4.08. The van der Waals surface area contributed by atoms with Gasteiger partial charge in [-0.2, -0.15) is 0 Å².